The van der Waals surface area contributed by atoms with Crippen molar-refractivity contribution in [3.8, 4) is 0 Å². The van der Waals surface area contributed by atoms with Gasteiger partial charge in [0.15, 0.2) is 0 Å². The van der Waals surface area contributed by atoms with E-state index in [4.69, 9.17) is 9.26 Å². The average molecular weight is 289 g/mol. The SMILES string of the molecule is CCCC(OC)c1noc(CCCNc2ccccc2)n1. The average Bonchev–Trinajstić information content (AvgIpc) is 2.99. The van der Waals surface area contributed by atoms with E-state index in [1.54, 1.807) is 7.11 Å². The van der Waals surface area contributed by atoms with Crippen molar-refractivity contribution in [3.05, 3.63) is 42.0 Å². The van der Waals surface area contributed by atoms with E-state index in [0.29, 0.717) is 11.7 Å². The van der Waals surface area contributed by atoms with Gasteiger partial charge in [-0.25, -0.2) is 0 Å². The molecule has 2 aromatic rings. The summed E-state index contributed by atoms with van der Waals surface area (Å²) < 4.78 is 10.7. The number of ether oxygens (including phenoxy) is 1. The second kappa shape index (κ2) is 8.42. The molecule has 1 aromatic carbocycles. The zero-order chi connectivity index (χ0) is 14.9. The van der Waals surface area contributed by atoms with Crippen molar-refractivity contribution >= 4 is 5.69 Å². The fourth-order valence-electron chi connectivity index (χ4n) is 2.14. The molecule has 0 fully saturated rings. The van der Waals surface area contributed by atoms with Gasteiger partial charge in [-0.1, -0.05) is 36.7 Å². The number of aryl methyl sites for hydroxylation is 1. The molecule has 0 aliphatic carbocycles. The molecule has 1 heterocycles. The Labute approximate surface area is 125 Å². The zero-order valence-corrected chi connectivity index (χ0v) is 12.7. The highest BCUT2D eigenvalue weighted by Crippen LogP contribution is 2.19. The molecule has 0 radical (unpaired) electrons. The van der Waals surface area contributed by atoms with Crippen LogP contribution in [-0.2, 0) is 11.2 Å². The largest absolute Gasteiger partial charge is 0.385 e. The molecular weight excluding hydrogens is 266 g/mol. The molecule has 2 rings (SSSR count). The van der Waals surface area contributed by atoms with Crippen LogP contribution in [0.15, 0.2) is 34.9 Å². The van der Waals surface area contributed by atoms with Gasteiger partial charge in [0.05, 0.1) is 0 Å². The number of rotatable bonds is 9. The Morgan fingerprint density at radius 1 is 1.29 bits per heavy atom. The molecule has 0 bridgehead atoms. The molecule has 21 heavy (non-hydrogen) atoms. The van der Waals surface area contributed by atoms with Gasteiger partial charge in [0.1, 0.15) is 6.10 Å². The fraction of sp³-hybridized carbons (Fsp3) is 0.500. The van der Waals surface area contributed by atoms with E-state index >= 15 is 0 Å². The normalized spacial score (nSPS) is 12.3. The van der Waals surface area contributed by atoms with E-state index in [2.05, 4.69) is 34.5 Å². The van der Waals surface area contributed by atoms with Crippen molar-refractivity contribution in [2.45, 2.75) is 38.7 Å². The van der Waals surface area contributed by atoms with Gasteiger partial charge in [-0.2, -0.15) is 4.98 Å². The van der Waals surface area contributed by atoms with E-state index in [9.17, 15) is 0 Å². The van der Waals surface area contributed by atoms with Gasteiger partial charge in [0.2, 0.25) is 11.7 Å². The summed E-state index contributed by atoms with van der Waals surface area (Å²) >= 11 is 0. The van der Waals surface area contributed by atoms with Gasteiger partial charge in [0, 0.05) is 25.8 Å². The first-order valence-corrected chi connectivity index (χ1v) is 7.47. The van der Waals surface area contributed by atoms with Crippen LogP contribution in [0.3, 0.4) is 0 Å². The molecule has 0 amide bonds. The Morgan fingerprint density at radius 3 is 2.81 bits per heavy atom. The molecule has 0 aliphatic heterocycles. The van der Waals surface area contributed by atoms with Crippen LogP contribution in [0.1, 0.15) is 44.0 Å². The molecule has 1 aromatic heterocycles. The first-order valence-electron chi connectivity index (χ1n) is 7.47. The molecule has 5 heteroatoms. The van der Waals surface area contributed by atoms with Gasteiger partial charge in [-0.3, -0.25) is 0 Å². The fourth-order valence-corrected chi connectivity index (χ4v) is 2.14. The molecule has 0 spiro atoms. The third-order valence-electron chi connectivity index (χ3n) is 3.28. The van der Waals surface area contributed by atoms with Gasteiger partial charge in [-0.05, 0) is 25.0 Å². The van der Waals surface area contributed by atoms with Crippen LogP contribution in [-0.4, -0.2) is 23.8 Å². The molecule has 0 aliphatic rings. The van der Waals surface area contributed by atoms with E-state index in [1.807, 2.05) is 18.2 Å². The lowest BCUT2D eigenvalue weighted by molar-refractivity contribution is 0.0854. The van der Waals surface area contributed by atoms with Gasteiger partial charge in [-0.15, -0.1) is 0 Å². The number of aromatic nitrogens is 2. The first-order chi connectivity index (χ1) is 10.3. The predicted octanol–water partition coefficient (Wildman–Crippen LogP) is 3.60. The summed E-state index contributed by atoms with van der Waals surface area (Å²) in [6.45, 7) is 2.99. The molecule has 0 saturated heterocycles. The highest BCUT2D eigenvalue weighted by Gasteiger charge is 2.16. The molecule has 114 valence electrons. The van der Waals surface area contributed by atoms with Gasteiger partial charge >= 0.3 is 0 Å². The van der Waals surface area contributed by atoms with E-state index in [1.165, 1.54) is 0 Å². The number of methoxy groups -OCH3 is 1. The number of nitrogens with zero attached hydrogens (tertiary/aromatic N) is 2. The van der Waals surface area contributed by atoms with E-state index in [-0.39, 0.29) is 6.10 Å². The number of para-hydroxylation sites is 1. The second-order valence-electron chi connectivity index (χ2n) is 4.96. The van der Waals surface area contributed by atoms with Gasteiger partial charge < -0.3 is 14.6 Å². The maximum atomic E-state index is 5.38. The molecule has 5 nitrogen and oxygen atoms in total. The highest BCUT2D eigenvalue weighted by atomic mass is 16.5. The monoisotopic (exact) mass is 289 g/mol. The lowest BCUT2D eigenvalue weighted by atomic mass is 10.2. The molecule has 1 atom stereocenters. The lowest BCUT2D eigenvalue weighted by Crippen LogP contribution is -2.04. The Morgan fingerprint density at radius 2 is 2.10 bits per heavy atom. The van der Waals surface area contributed by atoms with Crippen molar-refractivity contribution in [2.75, 3.05) is 19.0 Å². The minimum Gasteiger partial charge on any atom is -0.385 e. The summed E-state index contributed by atoms with van der Waals surface area (Å²) in [5, 5.41) is 7.37. The maximum absolute atomic E-state index is 5.38. The smallest absolute Gasteiger partial charge is 0.226 e. The standard InChI is InChI=1S/C16H23N3O2/c1-3-8-14(20-2)16-18-15(21-19-16)11-7-12-17-13-9-5-4-6-10-13/h4-6,9-10,14,17H,3,7-8,11-12H2,1-2H3. The summed E-state index contributed by atoms with van der Waals surface area (Å²) in [6, 6.07) is 10.2. The second-order valence-corrected chi connectivity index (χ2v) is 4.96. The van der Waals surface area contributed by atoms with E-state index in [0.717, 1.165) is 37.9 Å². The summed E-state index contributed by atoms with van der Waals surface area (Å²) in [6.07, 6.45) is 3.60. The summed E-state index contributed by atoms with van der Waals surface area (Å²) in [5.41, 5.74) is 1.13. The molecular formula is C16H23N3O2. The zero-order valence-electron chi connectivity index (χ0n) is 12.7. The Kier molecular flexibility index (Phi) is 6.22. The Hall–Kier alpha value is -1.88. The summed E-state index contributed by atoms with van der Waals surface area (Å²) in [4.78, 5) is 4.41. The van der Waals surface area contributed by atoms with Crippen molar-refractivity contribution in [2.24, 2.45) is 0 Å². The van der Waals surface area contributed by atoms with Crippen LogP contribution < -0.4 is 5.32 Å². The van der Waals surface area contributed by atoms with Crippen LogP contribution >= 0.6 is 0 Å². The number of hydrogen-bond donors (Lipinski definition) is 1. The quantitative estimate of drug-likeness (QED) is 0.715. The summed E-state index contributed by atoms with van der Waals surface area (Å²) in [5.74, 6) is 1.34. The number of benzene rings is 1. The third kappa shape index (κ3) is 4.86. The van der Waals surface area contributed by atoms with Crippen molar-refractivity contribution in [1.29, 1.82) is 0 Å². The minimum atomic E-state index is -0.0602. The summed E-state index contributed by atoms with van der Waals surface area (Å²) in [7, 11) is 1.68. The Bertz CT molecular complexity index is 513. The highest BCUT2D eigenvalue weighted by molar-refractivity contribution is 5.42. The number of anilines is 1. The number of hydrogen-bond acceptors (Lipinski definition) is 5. The lowest BCUT2D eigenvalue weighted by Gasteiger charge is -2.08. The van der Waals surface area contributed by atoms with Crippen LogP contribution in [0.2, 0.25) is 0 Å². The number of nitrogens with one attached hydrogen (secondary N) is 1. The predicted molar refractivity (Wildman–Crippen MR) is 82.2 cm³/mol. The molecule has 1 unspecified atom stereocenters. The first kappa shape index (κ1) is 15.5. The van der Waals surface area contributed by atoms with Crippen LogP contribution in [0.4, 0.5) is 5.69 Å². The van der Waals surface area contributed by atoms with E-state index < -0.39 is 0 Å². The third-order valence-corrected chi connectivity index (χ3v) is 3.28. The maximum Gasteiger partial charge on any atom is 0.226 e. The van der Waals surface area contributed by atoms with Gasteiger partial charge in [0.25, 0.3) is 0 Å². The van der Waals surface area contributed by atoms with Crippen molar-refractivity contribution in [3.63, 3.8) is 0 Å². The van der Waals surface area contributed by atoms with Crippen molar-refractivity contribution < 1.29 is 9.26 Å². The van der Waals surface area contributed by atoms with Crippen molar-refractivity contribution in [1.82, 2.24) is 10.1 Å². The topological polar surface area (TPSA) is 60.2 Å². The molecule has 0 saturated carbocycles. The van der Waals surface area contributed by atoms with Crippen LogP contribution in [0, 0.1) is 0 Å². The molecule has 1 N–H and O–H groups in total. The van der Waals surface area contributed by atoms with Crippen LogP contribution in [0.25, 0.3) is 0 Å². The minimum absolute atomic E-state index is 0.0602. The van der Waals surface area contributed by atoms with Crippen LogP contribution in [0.5, 0.6) is 0 Å². The Balaban J connectivity index is 1.75.